The molecule has 1 spiro atoms. The number of hydrogen-bond acceptors (Lipinski definition) is 7. The molecule has 3 aliphatic heterocycles. The first-order valence-corrected chi connectivity index (χ1v) is 15.1. The zero-order valence-electron chi connectivity index (χ0n) is 23.6. The summed E-state index contributed by atoms with van der Waals surface area (Å²) in [6.07, 6.45) is 2.75. The van der Waals surface area contributed by atoms with E-state index in [0.717, 1.165) is 24.0 Å². The molecule has 2 unspecified atom stereocenters. The van der Waals surface area contributed by atoms with Gasteiger partial charge in [0.1, 0.15) is 22.7 Å². The molecule has 1 saturated carbocycles. The number of carbonyl (C=O) groups is 2. The Balaban J connectivity index is 1.39. The molecule has 5 atom stereocenters. The number of benzene rings is 3. The largest absolute Gasteiger partial charge is 0.496 e. The van der Waals surface area contributed by atoms with Crippen molar-refractivity contribution < 1.29 is 23.5 Å². The molecule has 3 aromatic rings. The lowest BCUT2D eigenvalue weighted by Crippen LogP contribution is -2.53. The van der Waals surface area contributed by atoms with E-state index in [9.17, 15) is 9.59 Å². The predicted octanol–water partition coefficient (Wildman–Crippen LogP) is 5.64. The normalized spacial score (nSPS) is 27.7. The quantitative estimate of drug-likeness (QED) is 0.241. The predicted molar refractivity (Wildman–Crippen MR) is 162 cm³/mol. The van der Waals surface area contributed by atoms with Crippen molar-refractivity contribution in [1.82, 2.24) is 10.2 Å². The Morgan fingerprint density at radius 3 is 2.65 bits per heavy atom. The van der Waals surface area contributed by atoms with Gasteiger partial charge in [-0.05, 0) is 66.6 Å². The molecule has 8 nitrogen and oxygen atoms in total. The Morgan fingerprint density at radius 1 is 1.14 bits per heavy atom. The van der Waals surface area contributed by atoms with Crippen LogP contribution in [0.25, 0.3) is 0 Å². The third-order valence-electron chi connectivity index (χ3n) is 9.59. The van der Waals surface area contributed by atoms with Crippen molar-refractivity contribution in [2.45, 2.75) is 48.8 Å². The smallest absolute Gasteiger partial charge is 0.341 e. The van der Waals surface area contributed by atoms with Crippen molar-refractivity contribution in [3.05, 3.63) is 86.6 Å². The van der Waals surface area contributed by atoms with Gasteiger partial charge in [-0.3, -0.25) is 9.69 Å². The molecular formula is C32H31Cl2FN4O4. The highest BCUT2D eigenvalue weighted by molar-refractivity contribution is 6.31. The number of methoxy groups -OCH3 is 2. The van der Waals surface area contributed by atoms with Gasteiger partial charge in [0, 0.05) is 52.5 Å². The Hall–Kier alpha value is -3.37. The van der Waals surface area contributed by atoms with Gasteiger partial charge in [0.15, 0.2) is 0 Å². The van der Waals surface area contributed by atoms with Gasteiger partial charge < -0.3 is 25.8 Å². The second-order valence-corrected chi connectivity index (χ2v) is 12.7. The number of amides is 1. The zero-order chi connectivity index (χ0) is 30.2. The number of halogens is 3. The van der Waals surface area contributed by atoms with Gasteiger partial charge in [-0.15, -0.1) is 0 Å². The summed E-state index contributed by atoms with van der Waals surface area (Å²) in [7, 11) is 2.79. The highest BCUT2D eigenvalue weighted by Crippen LogP contribution is 2.61. The summed E-state index contributed by atoms with van der Waals surface area (Å²) in [6, 6.07) is 13.0. The first-order valence-electron chi connectivity index (χ1n) is 14.3. The van der Waals surface area contributed by atoms with Crippen LogP contribution >= 0.6 is 23.2 Å². The Kier molecular flexibility index (Phi) is 6.85. The number of nitrogen functional groups attached to an aromatic ring is 1. The third-order valence-corrected chi connectivity index (χ3v) is 10.1. The number of esters is 1. The molecule has 7 rings (SSSR count). The van der Waals surface area contributed by atoms with Gasteiger partial charge in [0.25, 0.3) is 0 Å². The number of fused-ring (bicyclic) bond motifs is 3. The van der Waals surface area contributed by atoms with Crippen molar-refractivity contribution in [3.8, 4) is 5.75 Å². The standard InChI is InChI=1S/C32H31Cl2FN4O4/c1-42-26-12-18(22(36)11-19(26)30(40)43-2)23-13-25-29(37-23)27(17-4-3-5-21(34)28(17)35)32(39(25)14-15-6-7-15)20-9-8-16(33)10-24(20)38-31(32)41/h3-5,8-12,15,23,25,27,29,37H,6-7,13-14,36H2,1-2H3,(H,38,41)/t23?,25?,27-,29+,32+/m0/s1. The minimum absolute atomic E-state index is 0.00139. The first kappa shape index (κ1) is 28.4. The van der Waals surface area contributed by atoms with E-state index in [-0.39, 0.29) is 34.6 Å². The molecule has 43 heavy (non-hydrogen) atoms. The van der Waals surface area contributed by atoms with E-state index in [1.807, 2.05) is 6.07 Å². The first-order chi connectivity index (χ1) is 20.7. The highest BCUT2D eigenvalue weighted by atomic mass is 35.5. The van der Waals surface area contributed by atoms with Crippen LogP contribution in [0.4, 0.5) is 15.8 Å². The second kappa shape index (κ2) is 10.4. The van der Waals surface area contributed by atoms with Crippen LogP contribution in [0.15, 0.2) is 48.5 Å². The molecule has 0 aromatic heterocycles. The molecule has 3 heterocycles. The van der Waals surface area contributed by atoms with E-state index < -0.39 is 23.2 Å². The number of anilines is 2. The van der Waals surface area contributed by atoms with Crippen LogP contribution in [0.2, 0.25) is 10.0 Å². The minimum Gasteiger partial charge on any atom is -0.496 e. The molecule has 4 N–H and O–H groups in total. The lowest BCUT2D eigenvalue weighted by Gasteiger charge is -2.41. The molecule has 1 aliphatic carbocycles. The summed E-state index contributed by atoms with van der Waals surface area (Å²) < 4.78 is 26.5. The van der Waals surface area contributed by atoms with Gasteiger partial charge >= 0.3 is 5.97 Å². The average Bonchev–Trinajstić information content (AvgIpc) is 3.56. The molecule has 3 aromatic carbocycles. The topological polar surface area (TPSA) is 106 Å². The summed E-state index contributed by atoms with van der Waals surface area (Å²) in [5, 5.41) is 7.33. The van der Waals surface area contributed by atoms with Gasteiger partial charge in [0.05, 0.1) is 19.2 Å². The van der Waals surface area contributed by atoms with Crippen LogP contribution in [0.3, 0.4) is 0 Å². The number of rotatable bonds is 6. The van der Waals surface area contributed by atoms with E-state index in [0.29, 0.717) is 46.6 Å². The van der Waals surface area contributed by atoms with Gasteiger partial charge in [-0.2, -0.15) is 0 Å². The fourth-order valence-corrected chi connectivity index (χ4v) is 7.99. The highest BCUT2D eigenvalue weighted by Gasteiger charge is 2.69. The van der Waals surface area contributed by atoms with E-state index in [1.54, 1.807) is 36.4 Å². The van der Waals surface area contributed by atoms with Gasteiger partial charge in [-0.1, -0.05) is 41.4 Å². The number of ether oxygens (including phenoxy) is 2. The molecule has 4 aliphatic rings. The van der Waals surface area contributed by atoms with Crippen LogP contribution in [0.5, 0.6) is 5.75 Å². The molecule has 11 heteroatoms. The number of likely N-dealkylation sites (tertiary alicyclic amines) is 1. The molecule has 0 bridgehead atoms. The van der Waals surface area contributed by atoms with Crippen LogP contribution in [0, 0.1) is 11.7 Å². The van der Waals surface area contributed by atoms with Crippen molar-refractivity contribution >= 4 is 46.5 Å². The third kappa shape index (κ3) is 4.23. The number of nitrogens with zero attached hydrogens (tertiary/aromatic N) is 1. The lowest BCUT2D eigenvalue weighted by atomic mass is 9.73. The number of nitrogens with one attached hydrogen (secondary N) is 2. The number of nitrogens with two attached hydrogens (primary N) is 1. The molecular weight excluding hydrogens is 594 g/mol. The maximum absolute atomic E-state index is 16.0. The van der Waals surface area contributed by atoms with Gasteiger partial charge in [0.2, 0.25) is 5.91 Å². The fourth-order valence-electron chi connectivity index (χ4n) is 7.63. The van der Waals surface area contributed by atoms with E-state index >= 15 is 4.39 Å². The van der Waals surface area contributed by atoms with Crippen molar-refractivity contribution in [2.24, 2.45) is 5.92 Å². The van der Waals surface area contributed by atoms with E-state index in [4.69, 9.17) is 38.4 Å². The zero-order valence-corrected chi connectivity index (χ0v) is 25.1. The maximum atomic E-state index is 16.0. The summed E-state index contributed by atoms with van der Waals surface area (Å²) in [5.41, 5.74) is 8.53. The Labute approximate surface area is 258 Å². The van der Waals surface area contributed by atoms with Crippen LogP contribution in [-0.4, -0.2) is 49.6 Å². The molecule has 0 radical (unpaired) electrons. The Bertz CT molecular complexity index is 1670. The summed E-state index contributed by atoms with van der Waals surface area (Å²) in [5.74, 6) is -1.13. The number of hydrogen-bond donors (Lipinski definition) is 3. The molecule has 2 saturated heterocycles. The Morgan fingerprint density at radius 2 is 1.93 bits per heavy atom. The number of carbonyl (C=O) groups excluding carboxylic acids is 2. The van der Waals surface area contributed by atoms with Crippen molar-refractivity contribution in [3.63, 3.8) is 0 Å². The average molecular weight is 626 g/mol. The van der Waals surface area contributed by atoms with Gasteiger partial charge in [-0.25, -0.2) is 9.18 Å². The molecule has 3 fully saturated rings. The van der Waals surface area contributed by atoms with Crippen LogP contribution < -0.4 is 21.1 Å². The van der Waals surface area contributed by atoms with Crippen LogP contribution in [-0.2, 0) is 15.1 Å². The summed E-state index contributed by atoms with van der Waals surface area (Å²) in [6.45, 7) is 0.684. The van der Waals surface area contributed by atoms with Crippen molar-refractivity contribution in [1.29, 1.82) is 0 Å². The van der Waals surface area contributed by atoms with Crippen LogP contribution in [0.1, 0.15) is 58.3 Å². The molecule has 1 amide bonds. The molecule has 224 valence electrons. The van der Waals surface area contributed by atoms with Crippen molar-refractivity contribution in [2.75, 3.05) is 31.8 Å². The van der Waals surface area contributed by atoms with E-state index in [1.165, 1.54) is 20.3 Å². The van der Waals surface area contributed by atoms with E-state index in [2.05, 4.69) is 15.5 Å². The maximum Gasteiger partial charge on any atom is 0.341 e. The minimum atomic E-state index is -1.18. The lowest BCUT2D eigenvalue weighted by molar-refractivity contribution is -0.128. The fraction of sp³-hybridized carbons (Fsp3) is 0.375. The monoisotopic (exact) mass is 624 g/mol. The second-order valence-electron chi connectivity index (χ2n) is 11.8. The summed E-state index contributed by atoms with van der Waals surface area (Å²) >= 11 is 12.7. The summed E-state index contributed by atoms with van der Waals surface area (Å²) in [4.78, 5) is 29.0. The SMILES string of the molecule is COC(=O)c1cc(N)c(C2CC3[C@@H](N2)[C@H](c2cccc(Cl)c2F)[C@]2(C(=O)Nc4cc(Cl)ccc42)N3CC2CC2)cc1OC.